The molecular weight excluding hydrogens is 292 g/mol. The fraction of sp³-hybridized carbons (Fsp3) is 0.765. The van der Waals surface area contributed by atoms with Crippen molar-refractivity contribution < 1.29 is 9.84 Å². The van der Waals surface area contributed by atoms with Crippen molar-refractivity contribution in [2.75, 3.05) is 51.8 Å². The molecule has 0 bridgehead atoms. The van der Waals surface area contributed by atoms with Crippen molar-refractivity contribution in [2.45, 2.75) is 37.2 Å². The van der Waals surface area contributed by atoms with Crippen LogP contribution in [-0.2, 0) is 4.74 Å². The molecule has 1 N–H and O–H groups in total. The van der Waals surface area contributed by atoms with Gasteiger partial charge in [-0.15, -0.1) is 0 Å². The summed E-state index contributed by atoms with van der Waals surface area (Å²) in [6, 6.07) is 0. The van der Waals surface area contributed by atoms with E-state index in [9.17, 15) is 5.11 Å². The molecule has 6 heteroatoms. The second-order valence-corrected chi connectivity index (χ2v) is 7.08. The van der Waals surface area contributed by atoms with Gasteiger partial charge in [0.1, 0.15) is 5.82 Å². The molecule has 3 heterocycles. The van der Waals surface area contributed by atoms with Crippen molar-refractivity contribution in [3.63, 3.8) is 0 Å². The zero-order valence-corrected chi connectivity index (χ0v) is 14.2. The van der Waals surface area contributed by atoms with Gasteiger partial charge in [0.25, 0.3) is 0 Å². The first-order valence-corrected chi connectivity index (χ1v) is 8.57. The van der Waals surface area contributed by atoms with Gasteiger partial charge in [-0.05, 0) is 25.9 Å². The third-order valence-electron chi connectivity index (χ3n) is 5.05. The Labute approximate surface area is 138 Å². The SMILES string of the molecule is CN(C)c1cncc(C2CCN(CC3(O)CCOCC3)CC2)n1. The molecule has 0 radical (unpaired) electrons. The highest BCUT2D eigenvalue weighted by molar-refractivity contribution is 5.34. The molecule has 0 amide bonds. The van der Waals surface area contributed by atoms with E-state index in [-0.39, 0.29) is 0 Å². The molecule has 3 rings (SSSR count). The van der Waals surface area contributed by atoms with E-state index < -0.39 is 5.60 Å². The second-order valence-electron chi connectivity index (χ2n) is 7.08. The Morgan fingerprint density at radius 2 is 1.96 bits per heavy atom. The fourth-order valence-corrected chi connectivity index (χ4v) is 3.50. The van der Waals surface area contributed by atoms with Crippen LogP contribution in [0.5, 0.6) is 0 Å². The summed E-state index contributed by atoms with van der Waals surface area (Å²) in [5.74, 6) is 1.39. The molecule has 0 unspecified atom stereocenters. The number of likely N-dealkylation sites (tertiary alicyclic amines) is 1. The van der Waals surface area contributed by atoms with Crippen molar-refractivity contribution in [2.24, 2.45) is 0 Å². The van der Waals surface area contributed by atoms with E-state index >= 15 is 0 Å². The van der Waals surface area contributed by atoms with Gasteiger partial charge in [0, 0.05) is 58.8 Å². The van der Waals surface area contributed by atoms with Crippen LogP contribution in [0.3, 0.4) is 0 Å². The average molecular weight is 320 g/mol. The van der Waals surface area contributed by atoms with Crippen LogP contribution in [0.25, 0.3) is 0 Å². The highest BCUT2D eigenvalue weighted by Gasteiger charge is 2.33. The molecule has 2 saturated heterocycles. The number of nitrogens with zero attached hydrogens (tertiary/aromatic N) is 4. The molecule has 1 aromatic heterocycles. The molecule has 2 aliphatic heterocycles. The van der Waals surface area contributed by atoms with Gasteiger partial charge >= 0.3 is 0 Å². The van der Waals surface area contributed by atoms with E-state index in [1.807, 2.05) is 25.2 Å². The first-order valence-electron chi connectivity index (χ1n) is 8.57. The highest BCUT2D eigenvalue weighted by atomic mass is 16.5. The Morgan fingerprint density at radius 1 is 1.26 bits per heavy atom. The minimum Gasteiger partial charge on any atom is -0.388 e. The van der Waals surface area contributed by atoms with Crippen LogP contribution in [0.4, 0.5) is 5.82 Å². The first-order chi connectivity index (χ1) is 11.1. The molecule has 2 fully saturated rings. The van der Waals surface area contributed by atoms with Gasteiger partial charge in [-0.3, -0.25) is 4.98 Å². The lowest BCUT2D eigenvalue weighted by Gasteiger charge is -2.39. The molecule has 23 heavy (non-hydrogen) atoms. The van der Waals surface area contributed by atoms with Gasteiger partial charge in [-0.1, -0.05) is 0 Å². The van der Waals surface area contributed by atoms with E-state index in [0.717, 1.165) is 56.8 Å². The number of rotatable bonds is 4. The number of β-amino-alcohol motifs (C(OH)–C–C–N with tert-alkyl or cyclic N) is 1. The first kappa shape index (κ1) is 16.6. The fourth-order valence-electron chi connectivity index (χ4n) is 3.50. The largest absolute Gasteiger partial charge is 0.388 e. The molecule has 0 aromatic carbocycles. The van der Waals surface area contributed by atoms with E-state index in [2.05, 4.69) is 9.88 Å². The van der Waals surface area contributed by atoms with Crippen LogP contribution < -0.4 is 4.90 Å². The van der Waals surface area contributed by atoms with Gasteiger partial charge in [0.15, 0.2) is 0 Å². The Kier molecular flexibility index (Phi) is 5.14. The Morgan fingerprint density at radius 3 is 2.61 bits per heavy atom. The van der Waals surface area contributed by atoms with Crippen molar-refractivity contribution in [1.29, 1.82) is 0 Å². The number of piperidine rings is 1. The molecule has 0 atom stereocenters. The molecule has 0 saturated carbocycles. The maximum absolute atomic E-state index is 10.7. The minimum absolute atomic E-state index is 0.475. The zero-order chi connectivity index (χ0) is 16.3. The number of aliphatic hydroxyl groups is 1. The van der Waals surface area contributed by atoms with Crippen molar-refractivity contribution in [3.05, 3.63) is 18.1 Å². The topological polar surface area (TPSA) is 61.7 Å². The number of anilines is 1. The predicted octanol–water partition coefficient (Wildman–Crippen LogP) is 1.26. The third kappa shape index (κ3) is 4.19. The standard InChI is InChI=1S/C17H28N4O2/c1-20(2)16-12-18-11-15(19-16)14-3-7-21(8-4-14)13-17(22)5-9-23-10-6-17/h11-12,14,22H,3-10,13H2,1-2H3. The lowest BCUT2D eigenvalue weighted by Crippen LogP contribution is -2.48. The summed E-state index contributed by atoms with van der Waals surface area (Å²) in [5, 5.41) is 10.7. The van der Waals surface area contributed by atoms with Crippen LogP contribution in [0.15, 0.2) is 12.4 Å². The summed E-state index contributed by atoms with van der Waals surface area (Å²) < 4.78 is 5.36. The normalized spacial score (nSPS) is 22.9. The number of hydrogen-bond donors (Lipinski definition) is 1. The summed E-state index contributed by atoms with van der Waals surface area (Å²) in [7, 11) is 3.98. The van der Waals surface area contributed by atoms with Gasteiger partial charge in [0.05, 0.1) is 17.5 Å². The predicted molar refractivity (Wildman–Crippen MR) is 89.8 cm³/mol. The van der Waals surface area contributed by atoms with Crippen LogP contribution >= 0.6 is 0 Å². The maximum Gasteiger partial charge on any atom is 0.146 e. The summed E-state index contributed by atoms with van der Waals surface area (Å²) in [6.07, 6.45) is 7.38. The van der Waals surface area contributed by atoms with Gasteiger partial charge in [0.2, 0.25) is 0 Å². The molecule has 128 valence electrons. The van der Waals surface area contributed by atoms with Crippen molar-refractivity contribution >= 4 is 5.82 Å². The lowest BCUT2D eigenvalue weighted by molar-refractivity contribution is -0.0821. The van der Waals surface area contributed by atoms with Crippen LogP contribution in [0, 0.1) is 0 Å². The highest BCUT2D eigenvalue weighted by Crippen LogP contribution is 2.29. The molecule has 6 nitrogen and oxygen atoms in total. The minimum atomic E-state index is -0.560. The van der Waals surface area contributed by atoms with Crippen LogP contribution in [0.1, 0.15) is 37.3 Å². The van der Waals surface area contributed by atoms with Gasteiger partial charge < -0.3 is 19.6 Å². The van der Waals surface area contributed by atoms with Crippen LogP contribution in [0.2, 0.25) is 0 Å². The lowest BCUT2D eigenvalue weighted by atomic mass is 9.90. The van der Waals surface area contributed by atoms with Gasteiger partial charge in [-0.25, -0.2) is 4.98 Å². The van der Waals surface area contributed by atoms with Crippen molar-refractivity contribution in [1.82, 2.24) is 14.9 Å². The van der Waals surface area contributed by atoms with E-state index in [0.29, 0.717) is 19.1 Å². The average Bonchev–Trinajstić information content (AvgIpc) is 2.56. The Balaban J connectivity index is 1.55. The summed E-state index contributed by atoms with van der Waals surface area (Å²) in [4.78, 5) is 13.4. The Bertz CT molecular complexity index is 509. The maximum atomic E-state index is 10.7. The molecule has 2 aliphatic rings. The van der Waals surface area contributed by atoms with E-state index in [4.69, 9.17) is 9.72 Å². The van der Waals surface area contributed by atoms with E-state index in [1.165, 1.54) is 0 Å². The van der Waals surface area contributed by atoms with Crippen LogP contribution in [-0.4, -0.2) is 72.5 Å². The monoisotopic (exact) mass is 320 g/mol. The van der Waals surface area contributed by atoms with Crippen molar-refractivity contribution in [3.8, 4) is 0 Å². The second kappa shape index (κ2) is 7.11. The number of hydrogen-bond acceptors (Lipinski definition) is 6. The van der Waals surface area contributed by atoms with Gasteiger partial charge in [-0.2, -0.15) is 0 Å². The summed E-state index contributed by atoms with van der Waals surface area (Å²) >= 11 is 0. The molecule has 1 aromatic rings. The molecule has 0 spiro atoms. The third-order valence-corrected chi connectivity index (χ3v) is 5.05. The summed E-state index contributed by atoms with van der Waals surface area (Å²) in [5.41, 5.74) is 0.538. The zero-order valence-electron chi connectivity index (χ0n) is 14.2. The quantitative estimate of drug-likeness (QED) is 0.901. The van der Waals surface area contributed by atoms with E-state index in [1.54, 1.807) is 6.20 Å². The Hall–Kier alpha value is -1.24. The number of aromatic nitrogens is 2. The molecular formula is C17H28N4O2. The number of ether oxygens (including phenoxy) is 1. The summed E-state index contributed by atoms with van der Waals surface area (Å²) in [6.45, 7) is 4.16. The smallest absolute Gasteiger partial charge is 0.146 e. The molecule has 0 aliphatic carbocycles.